The van der Waals surface area contributed by atoms with Crippen molar-refractivity contribution in [3.05, 3.63) is 67.0 Å². The maximum atomic E-state index is 12.2. The van der Waals surface area contributed by atoms with E-state index >= 15 is 0 Å². The summed E-state index contributed by atoms with van der Waals surface area (Å²) in [7, 11) is 0. The van der Waals surface area contributed by atoms with E-state index in [1.54, 1.807) is 30.4 Å². The Balaban J connectivity index is 2.09. The van der Waals surface area contributed by atoms with Crippen LogP contribution in [-0.4, -0.2) is 20.5 Å². The van der Waals surface area contributed by atoms with Crippen LogP contribution >= 0.6 is 34.5 Å². The molecule has 0 saturated carbocycles. The van der Waals surface area contributed by atoms with Gasteiger partial charge in [-0.2, -0.15) is 0 Å². The lowest BCUT2D eigenvalue weighted by Crippen LogP contribution is -2.14. The molecule has 23 heavy (non-hydrogen) atoms. The molecule has 5 nitrogen and oxygen atoms in total. The number of hydrogen-bond acceptors (Lipinski definition) is 4. The summed E-state index contributed by atoms with van der Waals surface area (Å²) in [6.07, 6.45) is 4.53. The fourth-order valence-electron chi connectivity index (χ4n) is 1.93. The third-order valence-corrected chi connectivity index (χ3v) is 4.56. The van der Waals surface area contributed by atoms with Crippen molar-refractivity contribution in [1.29, 1.82) is 0 Å². The molecule has 0 aliphatic carbocycles. The first-order valence-corrected chi connectivity index (χ1v) is 7.91. The summed E-state index contributed by atoms with van der Waals surface area (Å²) in [5.41, 5.74) is 0.592. The molecular formula is C15H8Cl2N2O3S. The van der Waals surface area contributed by atoms with E-state index in [-0.39, 0.29) is 20.6 Å². The highest BCUT2D eigenvalue weighted by Crippen LogP contribution is 2.20. The summed E-state index contributed by atoms with van der Waals surface area (Å²) >= 11 is 12.9. The zero-order chi connectivity index (χ0) is 16.6. The van der Waals surface area contributed by atoms with E-state index in [1.165, 1.54) is 6.20 Å². The Hall–Kier alpha value is -2.15. The molecule has 3 aromatic rings. The lowest BCUT2D eigenvalue weighted by Gasteiger charge is -1.99. The second kappa shape index (κ2) is 6.16. The number of rotatable bonds is 3. The normalized spacial score (nSPS) is 11.4. The SMILES string of the molecule is O=C(O)c1cn2c(=O)c(Cl)c(C=Cc3cccc(Cl)c3)nc2s1. The molecule has 0 amide bonds. The topological polar surface area (TPSA) is 71.7 Å². The molecule has 8 heteroatoms. The zero-order valence-electron chi connectivity index (χ0n) is 11.4. The highest BCUT2D eigenvalue weighted by molar-refractivity contribution is 7.18. The molecule has 0 radical (unpaired) electrons. The van der Waals surface area contributed by atoms with Gasteiger partial charge in [0.2, 0.25) is 0 Å². The summed E-state index contributed by atoms with van der Waals surface area (Å²) in [5, 5.41) is 9.52. The summed E-state index contributed by atoms with van der Waals surface area (Å²) in [6, 6.07) is 7.15. The number of carbonyl (C=O) groups is 1. The van der Waals surface area contributed by atoms with Crippen LogP contribution in [0.1, 0.15) is 20.9 Å². The van der Waals surface area contributed by atoms with Crippen LogP contribution in [0.2, 0.25) is 10.0 Å². The van der Waals surface area contributed by atoms with Gasteiger partial charge in [0.1, 0.15) is 9.90 Å². The molecule has 0 aliphatic heterocycles. The number of carboxylic acid groups (broad SMARTS) is 1. The molecule has 0 atom stereocenters. The van der Waals surface area contributed by atoms with E-state index in [9.17, 15) is 9.59 Å². The van der Waals surface area contributed by atoms with Crippen molar-refractivity contribution in [2.75, 3.05) is 0 Å². The Kier molecular flexibility index (Phi) is 4.21. The Morgan fingerprint density at radius 3 is 2.78 bits per heavy atom. The van der Waals surface area contributed by atoms with Crippen LogP contribution in [0.15, 0.2) is 35.3 Å². The quantitative estimate of drug-likeness (QED) is 0.761. The first-order valence-electron chi connectivity index (χ1n) is 6.34. The van der Waals surface area contributed by atoms with Crippen molar-refractivity contribution >= 4 is 57.6 Å². The van der Waals surface area contributed by atoms with Crippen LogP contribution < -0.4 is 5.56 Å². The molecule has 0 unspecified atom stereocenters. The monoisotopic (exact) mass is 366 g/mol. The molecule has 0 fully saturated rings. The third kappa shape index (κ3) is 3.14. The Morgan fingerprint density at radius 2 is 2.09 bits per heavy atom. The first kappa shape index (κ1) is 15.7. The largest absolute Gasteiger partial charge is 0.477 e. The van der Waals surface area contributed by atoms with Gasteiger partial charge in [-0.05, 0) is 23.8 Å². The van der Waals surface area contributed by atoms with Gasteiger partial charge in [0.25, 0.3) is 5.56 Å². The summed E-state index contributed by atoms with van der Waals surface area (Å²) < 4.78 is 1.13. The van der Waals surface area contributed by atoms with Crippen LogP contribution in [0.5, 0.6) is 0 Å². The number of hydrogen-bond donors (Lipinski definition) is 1. The van der Waals surface area contributed by atoms with Crippen LogP contribution in [0.3, 0.4) is 0 Å². The minimum Gasteiger partial charge on any atom is -0.477 e. The maximum Gasteiger partial charge on any atom is 0.347 e. The molecule has 0 spiro atoms. The smallest absolute Gasteiger partial charge is 0.347 e. The van der Waals surface area contributed by atoms with Gasteiger partial charge in [-0.1, -0.05) is 52.7 Å². The van der Waals surface area contributed by atoms with Gasteiger partial charge in [0.05, 0.1) is 5.69 Å². The van der Waals surface area contributed by atoms with Crippen LogP contribution in [0.25, 0.3) is 17.1 Å². The van der Waals surface area contributed by atoms with Gasteiger partial charge in [-0.3, -0.25) is 9.20 Å². The lowest BCUT2D eigenvalue weighted by atomic mass is 10.2. The fourth-order valence-corrected chi connectivity index (χ4v) is 3.15. The number of carboxylic acids is 1. The van der Waals surface area contributed by atoms with Gasteiger partial charge >= 0.3 is 5.97 Å². The molecule has 3 rings (SSSR count). The summed E-state index contributed by atoms with van der Waals surface area (Å²) in [4.78, 5) is 27.7. The van der Waals surface area contributed by atoms with E-state index in [0.29, 0.717) is 5.02 Å². The zero-order valence-corrected chi connectivity index (χ0v) is 13.7. The highest BCUT2D eigenvalue weighted by Gasteiger charge is 2.14. The predicted molar refractivity (Wildman–Crippen MR) is 91.7 cm³/mol. The van der Waals surface area contributed by atoms with E-state index < -0.39 is 11.5 Å². The highest BCUT2D eigenvalue weighted by atomic mass is 35.5. The van der Waals surface area contributed by atoms with Gasteiger partial charge in [-0.25, -0.2) is 9.78 Å². The summed E-state index contributed by atoms with van der Waals surface area (Å²) in [6.45, 7) is 0. The van der Waals surface area contributed by atoms with Crippen molar-refractivity contribution in [1.82, 2.24) is 9.38 Å². The Morgan fingerprint density at radius 1 is 1.30 bits per heavy atom. The average molecular weight is 367 g/mol. The minimum atomic E-state index is -1.12. The van der Waals surface area contributed by atoms with Crippen molar-refractivity contribution in [2.45, 2.75) is 0 Å². The van der Waals surface area contributed by atoms with E-state index in [2.05, 4.69) is 4.98 Å². The fraction of sp³-hybridized carbons (Fsp3) is 0. The molecule has 0 aliphatic rings. The minimum absolute atomic E-state index is 0.0154. The second-order valence-corrected chi connectivity index (χ2v) is 6.38. The van der Waals surface area contributed by atoms with Crippen molar-refractivity contribution < 1.29 is 9.90 Å². The van der Waals surface area contributed by atoms with Crippen LogP contribution in [0.4, 0.5) is 0 Å². The van der Waals surface area contributed by atoms with E-state index in [4.69, 9.17) is 28.3 Å². The molecule has 1 aromatic carbocycles. The van der Waals surface area contributed by atoms with E-state index in [0.717, 1.165) is 21.3 Å². The number of nitrogens with zero attached hydrogens (tertiary/aromatic N) is 2. The maximum absolute atomic E-state index is 12.2. The predicted octanol–water partition coefficient (Wildman–Crippen LogP) is 3.93. The van der Waals surface area contributed by atoms with Crippen molar-refractivity contribution in [3.8, 4) is 0 Å². The van der Waals surface area contributed by atoms with E-state index in [1.807, 2.05) is 6.07 Å². The van der Waals surface area contributed by atoms with Gasteiger partial charge in [-0.15, -0.1) is 0 Å². The summed E-state index contributed by atoms with van der Waals surface area (Å²) in [5.74, 6) is -1.12. The Labute approximate surface area is 144 Å². The molecular weight excluding hydrogens is 359 g/mol. The van der Waals surface area contributed by atoms with Crippen LogP contribution in [-0.2, 0) is 0 Å². The number of benzene rings is 1. The molecule has 116 valence electrons. The standard InChI is InChI=1S/C15H8Cl2N2O3S/c16-9-3-1-2-8(6-9)4-5-10-12(17)13(20)19-7-11(14(21)22)23-15(19)18-10/h1-7H,(H,21,22). The number of aromatic nitrogens is 2. The van der Waals surface area contributed by atoms with Gasteiger partial charge < -0.3 is 5.11 Å². The average Bonchev–Trinajstić information content (AvgIpc) is 2.94. The number of fused-ring (bicyclic) bond motifs is 1. The Bertz CT molecular complexity index is 1010. The lowest BCUT2D eigenvalue weighted by molar-refractivity contribution is 0.0702. The number of thiazole rings is 1. The molecule has 0 bridgehead atoms. The van der Waals surface area contributed by atoms with Crippen molar-refractivity contribution in [3.63, 3.8) is 0 Å². The number of halogens is 2. The second-order valence-electron chi connectivity index (χ2n) is 4.56. The van der Waals surface area contributed by atoms with Gasteiger partial charge in [0, 0.05) is 11.2 Å². The van der Waals surface area contributed by atoms with Crippen molar-refractivity contribution in [2.24, 2.45) is 0 Å². The first-order chi connectivity index (χ1) is 11.0. The molecule has 0 saturated heterocycles. The van der Waals surface area contributed by atoms with Gasteiger partial charge in [0.15, 0.2) is 4.96 Å². The number of aromatic carboxylic acids is 1. The molecule has 1 N–H and O–H groups in total. The third-order valence-electron chi connectivity index (χ3n) is 2.99. The molecule has 2 heterocycles. The van der Waals surface area contributed by atoms with Crippen LogP contribution in [0, 0.1) is 0 Å². The molecule has 2 aromatic heterocycles.